The fourth-order valence-corrected chi connectivity index (χ4v) is 3.62. The summed E-state index contributed by atoms with van der Waals surface area (Å²) >= 11 is 0. The Kier molecular flexibility index (Phi) is 4.28. The van der Waals surface area contributed by atoms with Gasteiger partial charge in [0.25, 0.3) is 0 Å². The van der Waals surface area contributed by atoms with Gasteiger partial charge in [0.1, 0.15) is 17.1 Å². The van der Waals surface area contributed by atoms with Gasteiger partial charge in [-0.05, 0) is 47.9 Å². The lowest BCUT2D eigenvalue weighted by molar-refractivity contribution is 0.425. The molecule has 2 N–H and O–H groups in total. The first-order valence-electron chi connectivity index (χ1n) is 9.29. The van der Waals surface area contributed by atoms with Gasteiger partial charge < -0.3 is 14.8 Å². The van der Waals surface area contributed by atoms with Crippen LogP contribution in [-0.4, -0.2) is 26.7 Å². The number of ether oxygens (including phenoxy) is 1. The van der Waals surface area contributed by atoms with Crippen molar-refractivity contribution in [1.82, 2.24) is 9.55 Å². The molecule has 0 bridgehead atoms. The Morgan fingerprint density at radius 1 is 0.759 bits per heavy atom. The van der Waals surface area contributed by atoms with Crippen LogP contribution in [0.3, 0.4) is 0 Å². The van der Waals surface area contributed by atoms with Gasteiger partial charge in [-0.15, -0.1) is 0 Å². The SMILES string of the molecule is OB(O)c1cccc(Oc2cccc(-n3c4ccccc4c4cccnc43)c2)c1. The van der Waals surface area contributed by atoms with Crippen molar-refractivity contribution >= 4 is 34.5 Å². The van der Waals surface area contributed by atoms with Gasteiger partial charge >= 0.3 is 7.12 Å². The monoisotopic (exact) mass is 380 g/mol. The molecule has 5 nitrogen and oxygen atoms in total. The average Bonchev–Trinajstić information content (AvgIpc) is 3.09. The zero-order valence-corrected chi connectivity index (χ0v) is 15.4. The number of para-hydroxylation sites is 1. The number of hydrogen-bond donors (Lipinski definition) is 2. The lowest BCUT2D eigenvalue weighted by atomic mass is 9.80. The fraction of sp³-hybridized carbons (Fsp3) is 0. The van der Waals surface area contributed by atoms with E-state index in [1.165, 1.54) is 0 Å². The van der Waals surface area contributed by atoms with Gasteiger partial charge in [0.2, 0.25) is 0 Å². The molecule has 0 aliphatic carbocycles. The first kappa shape index (κ1) is 17.5. The molecular formula is C23H17BN2O3. The van der Waals surface area contributed by atoms with Gasteiger partial charge in [0, 0.05) is 23.0 Å². The summed E-state index contributed by atoms with van der Waals surface area (Å²) in [5, 5.41) is 21.0. The van der Waals surface area contributed by atoms with Crippen molar-refractivity contribution in [3.63, 3.8) is 0 Å². The molecule has 0 amide bonds. The second kappa shape index (κ2) is 7.09. The maximum Gasteiger partial charge on any atom is 0.488 e. The number of rotatable bonds is 4. The predicted octanol–water partition coefficient (Wildman–Crippen LogP) is 3.65. The van der Waals surface area contributed by atoms with Crippen LogP contribution in [0.5, 0.6) is 11.5 Å². The predicted molar refractivity (Wildman–Crippen MR) is 115 cm³/mol. The number of hydrogen-bond acceptors (Lipinski definition) is 4. The third-order valence-corrected chi connectivity index (χ3v) is 4.90. The van der Waals surface area contributed by atoms with E-state index in [9.17, 15) is 10.0 Å². The van der Waals surface area contributed by atoms with Crippen LogP contribution in [0.1, 0.15) is 0 Å². The Labute approximate surface area is 167 Å². The molecule has 0 aliphatic heterocycles. The summed E-state index contributed by atoms with van der Waals surface area (Å²) in [5.41, 5.74) is 3.27. The molecule has 3 aromatic carbocycles. The zero-order chi connectivity index (χ0) is 19.8. The third-order valence-electron chi connectivity index (χ3n) is 4.90. The second-order valence-corrected chi connectivity index (χ2v) is 6.77. The van der Waals surface area contributed by atoms with Crippen molar-refractivity contribution in [1.29, 1.82) is 0 Å². The molecular weight excluding hydrogens is 363 g/mol. The number of nitrogens with zero attached hydrogens (tertiary/aromatic N) is 2. The molecule has 140 valence electrons. The molecule has 0 aliphatic rings. The molecule has 0 atom stereocenters. The number of benzene rings is 3. The fourth-order valence-electron chi connectivity index (χ4n) is 3.62. The van der Waals surface area contributed by atoms with Crippen LogP contribution in [0.2, 0.25) is 0 Å². The highest BCUT2D eigenvalue weighted by Crippen LogP contribution is 2.32. The highest BCUT2D eigenvalue weighted by Gasteiger charge is 2.14. The lowest BCUT2D eigenvalue weighted by Gasteiger charge is -2.11. The quantitative estimate of drug-likeness (QED) is 0.467. The average molecular weight is 380 g/mol. The van der Waals surface area contributed by atoms with Gasteiger partial charge in [-0.2, -0.15) is 0 Å². The van der Waals surface area contributed by atoms with Gasteiger partial charge in [0.05, 0.1) is 11.2 Å². The molecule has 0 unspecified atom stereocenters. The summed E-state index contributed by atoms with van der Waals surface area (Å²) in [4.78, 5) is 4.61. The Hall–Kier alpha value is -3.61. The molecule has 5 rings (SSSR count). The molecule has 29 heavy (non-hydrogen) atoms. The van der Waals surface area contributed by atoms with Gasteiger partial charge in [-0.3, -0.25) is 4.57 Å². The smallest absolute Gasteiger partial charge is 0.457 e. The summed E-state index contributed by atoms with van der Waals surface area (Å²) in [6.07, 6.45) is 1.80. The van der Waals surface area contributed by atoms with E-state index in [2.05, 4.69) is 27.8 Å². The first-order valence-corrected chi connectivity index (χ1v) is 9.29. The maximum atomic E-state index is 9.37. The minimum Gasteiger partial charge on any atom is -0.457 e. The molecule has 0 saturated heterocycles. The van der Waals surface area contributed by atoms with Crippen LogP contribution in [0.4, 0.5) is 0 Å². The van der Waals surface area contributed by atoms with Crippen molar-refractivity contribution in [3.8, 4) is 17.2 Å². The molecule has 0 spiro atoms. The van der Waals surface area contributed by atoms with E-state index in [0.29, 0.717) is 17.0 Å². The van der Waals surface area contributed by atoms with E-state index in [4.69, 9.17) is 4.74 Å². The van der Waals surface area contributed by atoms with E-state index in [1.807, 2.05) is 42.5 Å². The normalized spacial score (nSPS) is 11.1. The minimum absolute atomic E-state index is 0.380. The summed E-state index contributed by atoms with van der Waals surface area (Å²) in [6.45, 7) is 0. The van der Waals surface area contributed by atoms with Crippen LogP contribution in [-0.2, 0) is 0 Å². The van der Waals surface area contributed by atoms with Crippen LogP contribution in [0, 0.1) is 0 Å². The van der Waals surface area contributed by atoms with Crippen molar-refractivity contribution < 1.29 is 14.8 Å². The van der Waals surface area contributed by atoms with Gasteiger partial charge in [-0.1, -0.05) is 36.4 Å². The summed E-state index contributed by atoms with van der Waals surface area (Å²) in [5.74, 6) is 1.18. The van der Waals surface area contributed by atoms with E-state index in [-0.39, 0.29) is 0 Å². The van der Waals surface area contributed by atoms with Crippen molar-refractivity contribution in [2.24, 2.45) is 0 Å². The van der Waals surface area contributed by atoms with Crippen LogP contribution in [0.15, 0.2) is 91.1 Å². The highest BCUT2D eigenvalue weighted by atomic mass is 16.5. The van der Waals surface area contributed by atoms with E-state index in [1.54, 1.807) is 30.5 Å². The Morgan fingerprint density at radius 3 is 2.38 bits per heavy atom. The largest absolute Gasteiger partial charge is 0.488 e. The van der Waals surface area contributed by atoms with Crippen LogP contribution in [0.25, 0.3) is 27.6 Å². The summed E-state index contributed by atoms with van der Waals surface area (Å²) < 4.78 is 8.09. The van der Waals surface area contributed by atoms with Crippen molar-refractivity contribution in [2.45, 2.75) is 0 Å². The summed E-state index contributed by atoms with van der Waals surface area (Å²) in [6, 6.07) is 26.8. The van der Waals surface area contributed by atoms with Crippen molar-refractivity contribution in [3.05, 3.63) is 91.1 Å². The number of pyridine rings is 1. The number of fused-ring (bicyclic) bond motifs is 3. The maximum absolute atomic E-state index is 9.37. The van der Waals surface area contributed by atoms with Gasteiger partial charge in [0.15, 0.2) is 0 Å². The highest BCUT2D eigenvalue weighted by molar-refractivity contribution is 6.58. The topological polar surface area (TPSA) is 67.5 Å². The summed E-state index contributed by atoms with van der Waals surface area (Å²) in [7, 11) is -1.53. The molecule has 0 saturated carbocycles. The Balaban J connectivity index is 1.61. The molecule has 5 aromatic rings. The molecule has 2 heterocycles. The van der Waals surface area contributed by atoms with Crippen molar-refractivity contribution in [2.75, 3.05) is 0 Å². The number of aromatic nitrogens is 2. The molecule has 0 radical (unpaired) electrons. The zero-order valence-electron chi connectivity index (χ0n) is 15.4. The van der Waals surface area contributed by atoms with Crippen LogP contribution >= 0.6 is 0 Å². The molecule has 2 aromatic heterocycles. The van der Waals surface area contributed by atoms with E-state index >= 15 is 0 Å². The van der Waals surface area contributed by atoms with E-state index in [0.717, 1.165) is 27.6 Å². The Bertz CT molecular complexity index is 1280. The minimum atomic E-state index is -1.53. The molecule has 0 fully saturated rings. The second-order valence-electron chi connectivity index (χ2n) is 6.77. The standard InChI is InChI=1S/C23H17BN2O3/c27-24(28)16-6-3-8-18(14-16)29-19-9-4-7-17(15-19)26-22-12-2-1-10-20(22)21-11-5-13-25-23(21)26/h1-15,27-28H. The lowest BCUT2D eigenvalue weighted by Crippen LogP contribution is -2.29. The first-order chi connectivity index (χ1) is 14.2. The third kappa shape index (κ3) is 3.14. The molecule has 6 heteroatoms. The van der Waals surface area contributed by atoms with Crippen LogP contribution < -0.4 is 10.2 Å². The van der Waals surface area contributed by atoms with E-state index < -0.39 is 7.12 Å². The van der Waals surface area contributed by atoms with Gasteiger partial charge in [-0.25, -0.2) is 4.98 Å². The Morgan fingerprint density at radius 2 is 1.52 bits per heavy atom.